The van der Waals surface area contributed by atoms with E-state index in [1.165, 1.54) is 6.33 Å². The maximum absolute atomic E-state index is 11.9. The van der Waals surface area contributed by atoms with Crippen LogP contribution in [-0.4, -0.2) is 48.0 Å². The number of likely N-dealkylation sites (N-methyl/N-ethyl adjacent to an activating group) is 1. The summed E-state index contributed by atoms with van der Waals surface area (Å²) in [4.78, 5) is 21.9. The molecule has 1 aromatic rings. The van der Waals surface area contributed by atoms with Crippen molar-refractivity contribution in [2.45, 2.75) is 32.7 Å². The van der Waals surface area contributed by atoms with Crippen LogP contribution in [0.3, 0.4) is 0 Å². The van der Waals surface area contributed by atoms with Gasteiger partial charge in [0.15, 0.2) is 0 Å². The lowest BCUT2D eigenvalue weighted by Gasteiger charge is -2.22. The number of nitrogens with zero attached hydrogens (tertiary/aromatic N) is 3. The molecule has 6 nitrogen and oxygen atoms in total. The molecule has 0 aromatic carbocycles. The monoisotopic (exact) mass is 265 g/mol. The Labute approximate surface area is 114 Å². The van der Waals surface area contributed by atoms with Crippen molar-refractivity contribution >= 4 is 17.5 Å². The van der Waals surface area contributed by atoms with Crippen molar-refractivity contribution in [2.75, 3.05) is 31.8 Å². The molecule has 6 heteroatoms. The molecule has 1 heterocycles. The van der Waals surface area contributed by atoms with Crippen LogP contribution in [0.1, 0.15) is 32.3 Å². The van der Waals surface area contributed by atoms with Gasteiger partial charge in [0.25, 0.3) is 0 Å². The highest BCUT2D eigenvalue weighted by atomic mass is 16.2. The number of aromatic nitrogens is 2. The quantitative estimate of drug-likeness (QED) is 0.845. The molecular formula is C13H23N5O. The normalized spacial score (nSPS) is 12.2. The highest BCUT2D eigenvalue weighted by molar-refractivity contribution is 5.84. The van der Waals surface area contributed by atoms with E-state index in [0.717, 1.165) is 11.4 Å². The SMILES string of the molecule is CNc1ncnc(NC(C)C(=O)N(C)C)c1C(C)C. The Morgan fingerprint density at radius 1 is 1.21 bits per heavy atom. The third kappa shape index (κ3) is 3.56. The molecule has 0 radical (unpaired) electrons. The summed E-state index contributed by atoms with van der Waals surface area (Å²) < 4.78 is 0. The Kier molecular flexibility index (Phi) is 5.09. The molecule has 106 valence electrons. The second kappa shape index (κ2) is 6.36. The summed E-state index contributed by atoms with van der Waals surface area (Å²) >= 11 is 0. The molecule has 1 unspecified atom stereocenters. The fourth-order valence-electron chi connectivity index (χ4n) is 1.91. The lowest BCUT2D eigenvalue weighted by atomic mass is 10.0. The van der Waals surface area contributed by atoms with Crippen LogP contribution < -0.4 is 10.6 Å². The maximum Gasteiger partial charge on any atom is 0.244 e. The Balaban J connectivity index is 3.04. The van der Waals surface area contributed by atoms with Crippen molar-refractivity contribution in [3.8, 4) is 0 Å². The van der Waals surface area contributed by atoms with Gasteiger partial charge in [-0.1, -0.05) is 13.8 Å². The molecule has 0 bridgehead atoms. The number of rotatable bonds is 5. The van der Waals surface area contributed by atoms with E-state index in [4.69, 9.17) is 0 Å². The zero-order valence-electron chi connectivity index (χ0n) is 12.5. The van der Waals surface area contributed by atoms with Gasteiger partial charge >= 0.3 is 0 Å². The number of carbonyl (C=O) groups is 1. The van der Waals surface area contributed by atoms with Crippen LogP contribution in [0.5, 0.6) is 0 Å². The van der Waals surface area contributed by atoms with Crippen molar-refractivity contribution in [3.05, 3.63) is 11.9 Å². The first-order valence-electron chi connectivity index (χ1n) is 6.38. The molecule has 0 saturated carbocycles. The predicted octanol–water partition coefficient (Wildman–Crippen LogP) is 1.53. The van der Waals surface area contributed by atoms with E-state index in [1.807, 2.05) is 14.0 Å². The molecule has 0 fully saturated rings. The van der Waals surface area contributed by atoms with E-state index < -0.39 is 0 Å². The van der Waals surface area contributed by atoms with Crippen LogP contribution in [0.15, 0.2) is 6.33 Å². The first-order chi connectivity index (χ1) is 8.88. The summed E-state index contributed by atoms with van der Waals surface area (Å²) in [7, 11) is 5.30. The van der Waals surface area contributed by atoms with Gasteiger partial charge in [0, 0.05) is 26.7 Å². The van der Waals surface area contributed by atoms with E-state index in [2.05, 4.69) is 34.4 Å². The van der Waals surface area contributed by atoms with Crippen molar-refractivity contribution in [3.63, 3.8) is 0 Å². The first kappa shape index (κ1) is 15.2. The van der Waals surface area contributed by atoms with Crippen molar-refractivity contribution in [1.82, 2.24) is 14.9 Å². The fraction of sp³-hybridized carbons (Fsp3) is 0.615. The van der Waals surface area contributed by atoms with Gasteiger partial charge in [-0.15, -0.1) is 0 Å². The molecule has 1 atom stereocenters. The summed E-state index contributed by atoms with van der Waals surface area (Å²) in [5.74, 6) is 1.76. The van der Waals surface area contributed by atoms with Gasteiger partial charge in [0.1, 0.15) is 24.0 Å². The average Bonchev–Trinajstić information content (AvgIpc) is 2.36. The van der Waals surface area contributed by atoms with E-state index in [0.29, 0.717) is 5.82 Å². The molecular weight excluding hydrogens is 242 g/mol. The maximum atomic E-state index is 11.9. The van der Waals surface area contributed by atoms with E-state index in [9.17, 15) is 4.79 Å². The van der Waals surface area contributed by atoms with E-state index in [-0.39, 0.29) is 17.9 Å². The van der Waals surface area contributed by atoms with E-state index in [1.54, 1.807) is 19.0 Å². The van der Waals surface area contributed by atoms with Crippen LogP contribution in [0.25, 0.3) is 0 Å². The van der Waals surface area contributed by atoms with Gasteiger partial charge in [-0.05, 0) is 12.8 Å². The van der Waals surface area contributed by atoms with Crippen molar-refractivity contribution in [1.29, 1.82) is 0 Å². The predicted molar refractivity (Wildman–Crippen MR) is 77.4 cm³/mol. The van der Waals surface area contributed by atoms with Crippen LogP contribution >= 0.6 is 0 Å². The zero-order chi connectivity index (χ0) is 14.6. The molecule has 19 heavy (non-hydrogen) atoms. The van der Waals surface area contributed by atoms with Crippen molar-refractivity contribution in [2.24, 2.45) is 0 Å². The number of hydrogen-bond donors (Lipinski definition) is 2. The highest BCUT2D eigenvalue weighted by Gasteiger charge is 2.19. The second-order valence-corrected chi connectivity index (χ2v) is 4.99. The summed E-state index contributed by atoms with van der Waals surface area (Å²) in [5.41, 5.74) is 0.989. The molecule has 0 aliphatic heterocycles. The molecule has 1 amide bonds. The van der Waals surface area contributed by atoms with Gasteiger partial charge in [0.2, 0.25) is 5.91 Å². The van der Waals surface area contributed by atoms with Gasteiger partial charge in [-0.2, -0.15) is 0 Å². The molecule has 2 N–H and O–H groups in total. The lowest BCUT2D eigenvalue weighted by molar-refractivity contribution is -0.129. The second-order valence-electron chi connectivity index (χ2n) is 4.99. The summed E-state index contributed by atoms with van der Waals surface area (Å²) in [6.45, 7) is 5.97. The fourth-order valence-corrected chi connectivity index (χ4v) is 1.91. The standard InChI is InChI=1S/C13H23N5O/c1-8(2)10-11(14-4)15-7-16-12(10)17-9(3)13(19)18(5)6/h7-9H,1-6H3,(H2,14,15,16,17). The molecule has 0 saturated heterocycles. The molecule has 0 aliphatic carbocycles. The minimum atomic E-state index is -0.327. The Morgan fingerprint density at radius 3 is 2.26 bits per heavy atom. The van der Waals surface area contributed by atoms with Crippen LogP contribution in [-0.2, 0) is 4.79 Å². The number of nitrogens with one attached hydrogen (secondary N) is 2. The minimum absolute atomic E-state index is 0.0133. The zero-order valence-corrected chi connectivity index (χ0v) is 12.5. The molecule has 0 aliphatic rings. The molecule has 1 rings (SSSR count). The van der Waals surface area contributed by atoms with Crippen LogP contribution in [0, 0.1) is 0 Å². The van der Waals surface area contributed by atoms with Gasteiger partial charge in [-0.25, -0.2) is 9.97 Å². The minimum Gasteiger partial charge on any atom is -0.373 e. The smallest absolute Gasteiger partial charge is 0.244 e. The molecule has 1 aromatic heterocycles. The number of carbonyl (C=O) groups excluding carboxylic acids is 1. The van der Waals surface area contributed by atoms with Crippen LogP contribution in [0.2, 0.25) is 0 Å². The Hall–Kier alpha value is -1.85. The number of anilines is 2. The largest absolute Gasteiger partial charge is 0.373 e. The summed E-state index contributed by atoms with van der Waals surface area (Å²) in [5, 5.41) is 6.22. The van der Waals surface area contributed by atoms with Gasteiger partial charge < -0.3 is 15.5 Å². The average molecular weight is 265 g/mol. The number of amides is 1. The molecule has 0 spiro atoms. The first-order valence-corrected chi connectivity index (χ1v) is 6.38. The third-order valence-corrected chi connectivity index (χ3v) is 2.86. The topological polar surface area (TPSA) is 70.1 Å². The third-order valence-electron chi connectivity index (χ3n) is 2.86. The summed E-state index contributed by atoms with van der Waals surface area (Å²) in [6, 6.07) is -0.327. The summed E-state index contributed by atoms with van der Waals surface area (Å²) in [6.07, 6.45) is 1.49. The lowest BCUT2D eigenvalue weighted by Crippen LogP contribution is -2.37. The Morgan fingerprint density at radius 2 is 1.79 bits per heavy atom. The number of hydrogen-bond acceptors (Lipinski definition) is 5. The van der Waals surface area contributed by atoms with E-state index >= 15 is 0 Å². The highest BCUT2D eigenvalue weighted by Crippen LogP contribution is 2.28. The van der Waals surface area contributed by atoms with Crippen LogP contribution in [0.4, 0.5) is 11.6 Å². The Bertz CT molecular complexity index is 445. The van der Waals surface area contributed by atoms with Gasteiger partial charge in [0.05, 0.1) is 0 Å². The van der Waals surface area contributed by atoms with Gasteiger partial charge in [-0.3, -0.25) is 4.79 Å². The van der Waals surface area contributed by atoms with Crippen molar-refractivity contribution < 1.29 is 4.79 Å².